The van der Waals surface area contributed by atoms with E-state index >= 15 is 0 Å². The second kappa shape index (κ2) is 13.1. The lowest BCUT2D eigenvalue weighted by Crippen LogP contribution is -2.15. The van der Waals surface area contributed by atoms with Gasteiger partial charge in [0.05, 0.1) is 29.1 Å². The second-order valence-corrected chi connectivity index (χ2v) is 12.0. The lowest BCUT2D eigenvalue weighted by Gasteiger charge is -2.12. The number of benzene rings is 2. The summed E-state index contributed by atoms with van der Waals surface area (Å²) in [6, 6.07) is 22.6. The van der Waals surface area contributed by atoms with Crippen molar-refractivity contribution in [2.45, 2.75) is 19.0 Å². The molecule has 12 heteroatoms. The summed E-state index contributed by atoms with van der Waals surface area (Å²) < 4.78 is 42.5. The zero-order valence-electron chi connectivity index (χ0n) is 25.0. The number of anilines is 3. The molecule has 6 rings (SSSR count). The number of thiophene rings is 1. The Kier molecular flexibility index (Phi) is 8.82. The monoisotopic (exact) mass is 641 g/mol. The molecule has 0 radical (unpaired) electrons. The van der Waals surface area contributed by atoms with Crippen molar-refractivity contribution in [3.8, 4) is 22.6 Å². The van der Waals surface area contributed by atoms with Crippen molar-refractivity contribution in [3.63, 3.8) is 0 Å². The van der Waals surface area contributed by atoms with E-state index in [-0.39, 0.29) is 18.0 Å². The number of carbonyl (C=O) groups is 1. The number of pyridine rings is 1. The van der Waals surface area contributed by atoms with E-state index in [1.165, 1.54) is 17.5 Å². The van der Waals surface area contributed by atoms with Crippen LogP contribution in [0, 0.1) is 0 Å². The number of imidazole rings is 1. The summed E-state index contributed by atoms with van der Waals surface area (Å²) in [5, 5.41) is 8.09. The van der Waals surface area contributed by atoms with Crippen LogP contribution in [0.5, 0.6) is 0 Å². The number of amides is 1. The van der Waals surface area contributed by atoms with Crippen LogP contribution in [0.2, 0.25) is 0 Å². The quantitative estimate of drug-likeness (QED) is 0.161. The minimum Gasteiger partial charge on any atom is -0.326 e. The third-order valence-electron chi connectivity index (χ3n) is 7.22. The average molecular weight is 642 g/mol. The third kappa shape index (κ3) is 7.24. The highest BCUT2D eigenvalue weighted by atomic mass is 32.1. The van der Waals surface area contributed by atoms with E-state index < -0.39 is 11.7 Å². The fraction of sp³-hybridized carbons (Fsp3) is 0.176. The summed E-state index contributed by atoms with van der Waals surface area (Å²) in [4.78, 5) is 29.6. The number of aromatic nitrogens is 4. The number of nitrogens with zero attached hydrogens (tertiary/aromatic N) is 5. The van der Waals surface area contributed by atoms with Crippen molar-refractivity contribution in [3.05, 3.63) is 113 Å². The predicted molar refractivity (Wildman–Crippen MR) is 175 cm³/mol. The van der Waals surface area contributed by atoms with E-state index in [0.717, 1.165) is 41.2 Å². The van der Waals surface area contributed by atoms with Crippen molar-refractivity contribution in [2.24, 2.45) is 0 Å². The van der Waals surface area contributed by atoms with Gasteiger partial charge in [0.1, 0.15) is 5.65 Å². The van der Waals surface area contributed by atoms with Gasteiger partial charge < -0.3 is 15.5 Å². The molecule has 0 saturated carbocycles. The Morgan fingerprint density at radius 2 is 1.78 bits per heavy atom. The molecule has 2 N–H and O–H groups in total. The van der Waals surface area contributed by atoms with Crippen molar-refractivity contribution in [2.75, 3.05) is 31.3 Å². The maximum Gasteiger partial charge on any atom is 0.416 e. The first-order valence-electron chi connectivity index (χ1n) is 14.5. The Hall–Kier alpha value is -5.07. The van der Waals surface area contributed by atoms with E-state index in [1.54, 1.807) is 40.9 Å². The first-order valence-corrected chi connectivity index (χ1v) is 15.4. The lowest BCUT2D eigenvalue weighted by atomic mass is 10.1. The molecule has 1 amide bonds. The van der Waals surface area contributed by atoms with Crippen LogP contribution in [0.1, 0.15) is 16.0 Å². The van der Waals surface area contributed by atoms with Gasteiger partial charge in [-0.2, -0.15) is 13.2 Å². The number of likely N-dealkylation sites (N-methyl/N-ethyl adjacent to an activating group) is 1. The van der Waals surface area contributed by atoms with Crippen LogP contribution in [0.15, 0.2) is 96.6 Å². The predicted octanol–water partition coefficient (Wildman–Crippen LogP) is 7.57. The van der Waals surface area contributed by atoms with Gasteiger partial charge in [-0.1, -0.05) is 30.3 Å². The van der Waals surface area contributed by atoms with Gasteiger partial charge in [0.15, 0.2) is 0 Å². The van der Waals surface area contributed by atoms with Crippen molar-refractivity contribution >= 4 is 40.2 Å². The molecule has 0 unspecified atom stereocenters. The van der Waals surface area contributed by atoms with Gasteiger partial charge in [-0.3, -0.25) is 9.20 Å². The fourth-order valence-electron chi connectivity index (χ4n) is 5.03. The standard InChI is InChI=1S/C34H30F3N7OS/c1-43(2)15-12-22-6-3-8-25(18-22)40-33-38-14-11-28(41-33)32-31(42-29-20-24(34(35,36)37)13-16-44(29)32)23-7-4-9-26(19-23)39-30(45)21-27-10-5-17-46-27/h3-11,13-14,16-20H,12,15,21H2,1-2H3,(H,39,45)(H,38,40,41). The summed E-state index contributed by atoms with van der Waals surface area (Å²) in [7, 11) is 4.05. The molecular formula is C34H30F3N7OS. The molecule has 0 saturated heterocycles. The number of rotatable bonds is 10. The smallest absolute Gasteiger partial charge is 0.326 e. The zero-order valence-corrected chi connectivity index (χ0v) is 25.9. The summed E-state index contributed by atoms with van der Waals surface area (Å²) >= 11 is 1.50. The van der Waals surface area contributed by atoms with Crippen LogP contribution in [0.3, 0.4) is 0 Å². The molecule has 0 spiro atoms. The second-order valence-electron chi connectivity index (χ2n) is 11.0. The van der Waals surface area contributed by atoms with E-state index in [4.69, 9.17) is 4.98 Å². The number of hydrogen-bond acceptors (Lipinski definition) is 7. The van der Waals surface area contributed by atoms with Gasteiger partial charge >= 0.3 is 6.18 Å². The number of fused-ring (bicyclic) bond motifs is 1. The first kappa shape index (κ1) is 30.9. The fourth-order valence-corrected chi connectivity index (χ4v) is 5.73. The Balaban J connectivity index is 1.37. The first-order chi connectivity index (χ1) is 22.1. The maximum absolute atomic E-state index is 13.6. The van der Waals surface area contributed by atoms with Gasteiger partial charge in [0, 0.05) is 40.8 Å². The minimum absolute atomic E-state index is 0.105. The van der Waals surface area contributed by atoms with Crippen molar-refractivity contribution in [1.29, 1.82) is 0 Å². The van der Waals surface area contributed by atoms with Gasteiger partial charge in [0.2, 0.25) is 11.9 Å². The normalized spacial score (nSPS) is 11.7. The van der Waals surface area contributed by atoms with Crippen LogP contribution in [0.4, 0.5) is 30.5 Å². The number of nitrogens with one attached hydrogen (secondary N) is 2. The van der Waals surface area contributed by atoms with E-state index in [1.807, 2.05) is 49.8 Å². The van der Waals surface area contributed by atoms with Gasteiger partial charge in [-0.25, -0.2) is 15.0 Å². The van der Waals surface area contributed by atoms with Crippen molar-refractivity contribution < 1.29 is 18.0 Å². The highest BCUT2D eigenvalue weighted by molar-refractivity contribution is 7.10. The topological polar surface area (TPSA) is 87.5 Å². The molecule has 0 aliphatic carbocycles. The largest absolute Gasteiger partial charge is 0.416 e. The van der Waals surface area contributed by atoms with Crippen LogP contribution in [-0.2, 0) is 23.8 Å². The summed E-state index contributed by atoms with van der Waals surface area (Å²) in [5.41, 5.74) is 3.75. The maximum atomic E-state index is 13.6. The van der Waals surface area contributed by atoms with Gasteiger partial charge in [-0.15, -0.1) is 11.3 Å². The Morgan fingerprint density at radius 1 is 0.957 bits per heavy atom. The highest BCUT2D eigenvalue weighted by Crippen LogP contribution is 2.36. The molecule has 0 atom stereocenters. The molecule has 0 bridgehead atoms. The minimum atomic E-state index is -4.53. The number of hydrogen-bond donors (Lipinski definition) is 2. The van der Waals surface area contributed by atoms with Crippen LogP contribution >= 0.6 is 11.3 Å². The van der Waals surface area contributed by atoms with Crippen LogP contribution in [0.25, 0.3) is 28.3 Å². The van der Waals surface area contributed by atoms with Crippen molar-refractivity contribution in [1.82, 2.24) is 24.3 Å². The zero-order chi connectivity index (χ0) is 32.3. The molecular weight excluding hydrogens is 611 g/mol. The van der Waals surface area contributed by atoms with E-state index in [9.17, 15) is 18.0 Å². The van der Waals surface area contributed by atoms with E-state index in [2.05, 4.69) is 31.6 Å². The molecule has 8 nitrogen and oxygen atoms in total. The van der Waals surface area contributed by atoms with Crippen LogP contribution in [-0.4, -0.2) is 50.8 Å². The molecule has 4 aromatic heterocycles. The summed E-state index contributed by atoms with van der Waals surface area (Å²) in [6.45, 7) is 0.905. The molecule has 0 aliphatic heterocycles. The van der Waals surface area contributed by atoms with Crippen LogP contribution < -0.4 is 10.6 Å². The molecule has 46 heavy (non-hydrogen) atoms. The number of alkyl halides is 3. The molecule has 0 aliphatic rings. The third-order valence-corrected chi connectivity index (χ3v) is 8.09. The molecule has 2 aromatic carbocycles. The SMILES string of the molecule is CN(C)CCc1cccc(Nc2nccc(-c3c(-c4cccc(NC(=O)Cc5cccs5)c4)nc4cc(C(F)(F)F)ccn34)n2)c1. The number of halogens is 3. The lowest BCUT2D eigenvalue weighted by molar-refractivity contribution is -0.137. The Morgan fingerprint density at radius 3 is 2.57 bits per heavy atom. The Labute approximate surface area is 267 Å². The number of carbonyl (C=O) groups excluding carboxylic acids is 1. The molecule has 6 aromatic rings. The summed E-state index contributed by atoms with van der Waals surface area (Å²) in [5.74, 6) is 0.145. The van der Waals surface area contributed by atoms with Gasteiger partial charge in [0.25, 0.3) is 0 Å². The highest BCUT2D eigenvalue weighted by Gasteiger charge is 2.31. The average Bonchev–Trinajstić information content (AvgIpc) is 3.67. The molecule has 234 valence electrons. The van der Waals surface area contributed by atoms with Gasteiger partial charge in [-0.05, 0) is 80.0 Å². The van der Waals surface area contributed by atoms with E-state index in [0.29, 0.717) is 34.3 Å². The summed E-state index contributed by atoms with van der Waals surface area (Å²) in [6.07, 6.45) is -0.484. The Bertz CT molecular complexity index is 1990. The molecule has 4 heterocycles. The molecule has 0 fully saturated rings.